The van der Waals surface area contributed by atoms with E-state index in [1.54, 1.807) is 0 Å². The van der Waals surface area contributed by atoms with E-state index in [9.17, 15) is 5.11 Å². The fourth-order valence-corrected chi connectivity index (χ4v) is 2.61. The van der Waals surface area contributed by atoms with Crippen LogP contribution in [0.15, 0.2) is 17.1 Å². The Labute approximate surface area is 124 Å². The van der Waals surface area contributed by atoms with Crippen molar-refractivity contribution in [1.82, 2.24) is 4.90 Å². The molecular weight excluding hydrogens is 248 g/mol. The zero-order chi connectivity index (χ0) is 14.6. The highest BCUT2D eigenvalue weighted by Gasteiger charge is 2.19. The van der Waals surface area contributed by atoms with Crippen molar-refractivity contribution < 1.29 is 5.11 Å². The lowest BCUT2D eigenvalue weighted by molar-refractivity contribution is 0.0766. The first kappa shape index (κ1) is 17.2. The average molecular weight is 280 g/mol. The van der Waals surface area contributed by atoms with Gasteiger partial charge in [0.15, 0.2) is 0 Å². The third-order valence-electron chi connectivity index (χ3n) is 3.81. The highest BCUT2D eigenvalue weighted by molar-refractivity contribution is 5.83. The van der Waals surface area contributed by atoms with E-state index in [0.717, 1.165) is 25.3 Å². The average Bonchev–Trinajstić information content (AvgIpc) is 2.89. The van der Waals surface area contributed by atoms with Gasteiger partial charge in [0.1, 0.15) is 12.1 Å². The minimum absolute atomic E-state index is 0.383. The SMILES string of the molecule is CCC/C=C/CCCCCCCC1=NCCN1C(C)O. The highest BCUT2D eigenvalue weighted by atomic mass is 16.3. The second kappa shape index (κ2) is 10.9. The first-order chi connectivity index (χ1) is 9.75. The molecule has 0 spiro atoms. The molecule has 0 radical (unpaired) electrons. The summed E-state index contributed by atoms with van der Waals surface area (Å²) >= 11 is 0. The number of nitrogens with zero attached hydrogens (tertiary/aromatic N) is 2. The zero-order valence-corrected chi connectivity index (χ0v) is 13.4. The molecule has 3 heteroatoms. The maximum Gasteiger partial charge on any atom is 0.125 e. The van der Waals surface area contributed by atoms with Gasteiger partial charge in [0.25, 0.3) is 0 Å². The molecule has 0 aliphatic carbocycles. The monoisotopic (exact) mass is 280 g/mol. The quantitative estimate of drug-likeness (QED) is 0.456. The molecule has 0 saturated heterocycles. The summed E-state index contributed by atoms with van der Waals surface area (Å²) in [6.45, 7) is 5.78. The normalized spacial score (nSPS) is 16.9. The summed E-state index contributed by atoms with van der Waals surface area (Å²) in [5.74, 6) is 1.11. The van der Waals surface area contributed by atoms with Gasteiger partial charge < -0.3 is 10.0 Å². The van der Waals surface area contributed by atoms with E-state index >= 15 is 0 Å². The molecular formula is C17H32N2O. The van der Waals surface area contributed by atoms with Crippen LogP contribution in [0.3, 0.4) is 0 Å². The van der Waals surface area contributed by atoms with Gasteiger partial charge in [-0.1, -0.05) is 44.8 Å². The van der Waals surface area contributed by atoms with Gasteiger partial charge in [0, 0.05) is 13.0 Å². The van der Waals surface area contributed by atoms with E-state index in [-0.39, 0.29) is 6.23 Å². The smallest absolute Gasteiger partial charge is 0.125 e. The van der Waals surface area contributed by atoms with Crippen molar-refractivity contribution in [3.05, 3.63) is 12.2 Å². The van der Waals surface area contributed by atoms with Gasteiger partial charge in [-0.05, 0) is 32.6 Å². The van der Waals surface area contributed by atoms with E-state index in [0.29, 0.717) is 0 Å². The predicted octanol–water partition coefficient (Wildman–Crippen LogP) is 4.13. The van der Waals surface area contributed by atoms with Crippen LogP contribution in [0.4, 0.5) is 0 Å². The molecule has 1 rings (SSSR count). The van der Waals surface area contributed by atoms with Crippen LogP contribution < -0.4 is 0 Å². The Hall–Kier alpha value is -0.830. The minimum atomic E-state index is -0.383. The van der Waals surface area contributed by atoms with E-state index in [2.05, 4.69) is 24.1 Å². The molecule has 1 unspecified atom stereocenters. The lowest BCUT2D eigenvalue weighted by Crippen LogP contribution is -2.35. The topological polar surface area (TPSA) is 35.8 Å². The molecule has 1 N–H and O–H groups in total. The first-order valence-corrected chi connectivity index (χ1v) is 8.38. The largest absolute Gasteiger partial charge is 0.374 e. The Bertz CT molecular complexity index is 297. The summed E-state index contributed by atoms with van der Waals surface area (Å²) in [6, 6.07) is 0. The number of aliphatic imine (C=N–C) groups is 1. The predicted molar refractivity (Wildman–Crippen MR) is 87.1 cm³/mol. The van der Waals surface area contributed by atoms with Crippen molar-refractivity contribution in [2.45, 2.75) is 77.9 Å². The second-order valence-electron chi connectivity index (χ2n) is 5.69. The summed E-state index contributed by atoms with van der Waals surface area (Å²) < 4.78 is 0. The number of rotatable bonds is 11. The molecule has 1 aliphatic heterocycles. The Kier molecular flexibility index (Phi) is 9.38. The molecule has 0 bridgehead atoms. The van der Waals surface area contributed by atoms with Crippen LogP contribution in [0.2, 0.25) is 0 Å². The van der Waals surface area contributed by atoms with Gasteiger partial charge in [0.2, 0.25) is 0 Å². The first-order valence-electron chi connectivity index (χ1n) is 8.38. The fraction of sp³-hybridized carbons (Fsp3) is 0.824. The number of unbranched alkanes of at least 4 members (excludes halogenated alkanes) is 6. The molecule has 116 valence electrons. The van der Waals surface area contributed by atoms with Crippen LogP contribution in [0.1, 0.15) is 71.6 Å². The van der Waals surface area contributed by atoms with Gasteiger partial charge in [0.05, 0.1) is 6.54 Å². The zero-order valence-electron chi connectivity index (χ0n) is 13.4. The lowest BCUT2D eigenvalue weighted by Gasteiger charge is -2.23. The molecule has 0 aromatic rings. The van der Waals surface area contributed by atoms with Crippen LogP contribution in [0, 0.1) is 0 Å². The molecule has 0 aromatic heterocycles. The lowest BCUT2D eigenvalue weighted by atomic mass is 10.1. The van der Waals surface area contributed by atoms with Crippen molar-refractivity contribution in [2.24, 2.45) is 4.99 Å². The maximum atomic E-state index is 9.62. The Morgan fingerprint density at radius 3 is 2.60 bits per heavy atom. The van der Waals surface area contributed by atoms with Crippen LogP contribution in [0.25, 0.3) is 0 Å². The molecule has 3 nitrogen and oxygen atoms in total. The minimum Gasteiger partial charge on any atom is -0.374 e. The number of allylic oxidation sites excluding steroid dienone is 2. The molecule has 1 aliphatic rings. The van der Waals surface area contributed by atoms with Gasteiger partial charge >= 0.3 is 0 Å². The Morgan fingerprint density at radius 2 is 1.85 bits per heavy atom. The number of amidine groups is 1. The van der Waals surface area contributed by atoms with E-state index < -0.39 is 0 Å². The van der Waals surface area contributed by atoms with Gasteiger partial charge in [-0.15, -0.1) is 0 Å². The molecule has 0 amide bonds. The standard InChI is InChI=1S/C17H32N2O/c1-3-4-5-6-7-8-9-10-11-12-13-17-18-14-15-19(17)16(2)20/h5-6,16,20H,3-4,7-15H2,1-2H3/b6-5+. The van der Waals surface area contributed by atoms with E-state index in [1.807, 2.05) is 11.8 Å². The van der Waals surface area contributed by atoms with E-state index in [4.69, 9.17) is 0 Å². The summed E-state index contributed by atoms with van der Waals surface area (Å²) in [6.07, 6.45) is 15.5. The molecule has 20 heavy (non-hydrogen) atoms. The third kappa shape index (κ3) is 7.09. The number of aliphatic hydroxyl groups excluding tert-OH is 1. The number of hydrogen-bond acceptors (Lipinski definition) is 3. The second-order valence-corrected chi connectivity index (χ2v) is 5.69. The van der Waals surface area contributed by atoms with Crippen molar-refractivity contribution in [3.63, 3.8) is 0 Å². The van der Waals surface area contributed by atoms with Crippen molar-refractivity contribution in [1.29, 1.82) is 0 Å². The number of hydrogen-bond donors (Lipinski definition) is 1. The molecule has 0 aromatic carbocycles. The van der Waals surface area contributed by atoms with Crippen LogP contribution in [-0.4, -0.2) is 35.2 Å². The van der Waals surface area contributed by atoms with Gasteiger partial charge in [-0.2, -0.15) is 0 Å². The Morgan fingerprint density at radius 1 is 1.15 bits per heavy atom. The van der Waals surface area contributed by atoms with Crippen molar-refractivity contribution >= 4 is 5.84 Å². The van der Waals surface area contributed by atoms with Crippen LogP contribution in [-0.2, 0) is 0 Å². The Balaban J connectivity index is 1.95. The van der Waals surface area contributed by atoms with Crippen LogP contribution >= 0.6 is 0 Å². The van der Waals surface area contributed by atoms with E-state index in [1.165, 1.54) is 51.4 Å². The molecule has 0 fully saturated rings. The number of aliphatic hydroxyl groups is 1. The molecule has 1 heterocycles. The van der Waals surface area contributed by atoms with Crippen molar-refractivity contribution in [2.75, 3.05) is 13.1 Å². The summed E-state index contributed by atoms with van der Waals surface area (Å²) in [7, 11) is 0. The summed E-state index contributed by atoms with van der Waals surface area (Å²) in [5.41, 5.74) is 0. The maximum absolute atomic E-state index is 9.62. The fourth-order valence-electron chi connectivity index (χ4n) is 2.61. The van der Waals surface area contributed by atoms with Crippen molar-refractivity contribution in [3.8, 4) is 0 Å². The third-order valence-corrected chi connectivity index (χ3v) is 3.81. The van der Waals surface area contributed by atoms with Crippen LogP contribution in [0.5, 0.6) is 0 Å². The summed E-state index contributed by atoms with van der Waals surface area (Å²) in [5, 5.41) is 9.62. The molecule has 1 atom stereocenters. The van der Waals surface area contributed by atoms with Gasteiger partial charge in [-0.3, -0.25) is 4.99 Å². The van der Waals surface area contributed by atoms with Gasteiger partial charge in [-0.25, -0.2) is 0 Å². The highest BCUT2D eigenvalue weighted by Crippen LogP contribution is 2.13. The summed E-state index contributed by atoms with van der Waals surface area (Å²) in [4.78, 5) is 6.51. The molecule has 0 saturated carbocycles.